The van der Waals surface area contributed by atoms with E-state index in [1.165, 1.54) is 23.4 Å². The number of ether oxygens (including phenoxy) is 1. The Bertz CT molecular complexity index is 1180. The van der Waals surface area contributed by atoms with Crippen molar-refractivity contribution in [3.8, 4) is 11.1 Å². The van der Waals surface area contributed by atoms with Gasteiger partial charge in [0.15, 0.2) is 0 Å². The number of aryl methyl sites for hydroxylation is 1. The summed E-state index contributed by atoms with van der Waals surface area (Å²) in [5, 5.41) is 0. The van der Waals surface area contributed by atoms with Crippen molar-refractivity contribution in [2.45, 2.75) is 45.8 Å². The fourth-order valence-electron chi connectivity index (χ4n) is 3.83. The number of carbonyl (C=O) groups excluding carboxylic acids is 2. The van der Waals surface area contributed by atoms with Gasteiger partial charge in [0.1, 0.15) is 0 Å². The minimum Gasteiger partial charge on any atom is -0.466 e. The van der Waals surface area contributed by atoms with Crippen LogP contribution in [0.4, 0.5) is 13.2 Å². The van der Waals surface area contributed by atoms with Gasteiger partial charge in [-0.25, -0.2) is 0 Å². The number of carbonyl (C=O) groups is 2. The number of hydrogen-bond acceptors (Lipinski definition) is 5. The van der Waals surface area contributed by atoms with Gasteiger partial charge in [-0.05, 0) is 66.8 Å². The standard InChI is InChI=1S/C27H28F3N3O3/c1-3-33(25(34)10-7-19-6-5-11-31-15-19)18-22-14-23(27(28,29)30)8-9-24(22)21-12-20(16-32-17-21)13-26(35)36-4-2/h5-6,8-9,11-12,14-17H,3-4,7,10,13,18H2,1-2H3. The number of esters is 1. The molecule has 0 N–H and O–H groups in total. The number of aromatic nitrogens is 2. The maximum atomic E-state index is 13.5. The molecular weight excluding hydrogens is 471 g/mol. The lowest BCUT2D eigenvalue weighted by Gasteiger charge is -2.23. The lowest BCUT2D eigenvalue weighted by Crippen LogP contribution is -2.30. The Balaban J connectivity index is 1.89. The Morgan fingerprint density at radius 1 is 1.00 bits per heavy atom. The van der Waals surface area contributed by atoms with Crippen LogP contribution in [0.5, 0.6) is 0 Å². The van der Waals surface area contributed by atoms with Gasteiger partial charge in [0.2, 0.25) is 5.91 Å². The summed E-state index contributed by atoms with van der Waals surface area (Å²) in [6.07, 6.45) is 2.55. The fourth-order valence-corrected chi connectivity index (χ4v) is 3.83. The number of alkyl halides is 3. The van der Waals surface area contributed by atoms with Crippen molar-refractivity contribution in [1.82, 2.24) is 14.9 Å². The monoisotopic (exact) mass is 499 g/mol. The first-order chi connectivity index (χ1) is 17.2. The molecule has 0 aliphatic rings. The van der Waals surface area contributed by atoms with Crippen LogP contribution in [0.25, 0.3) is 11.1 Å². The predicted molar refractivity (Wildman–Crippen MR) is 129 cm³/mol. The van der Waals surface area contributed by atoms with Crippen LogP contribution in [0.15, 0.2) is 61.2 Å². The SMILES string of the molecule is CCOC(=O)Cc1cncc(-c2ccc(C(F)(F)F)cc2CN(CC)C(=O)CCc2cccnc2)c1. The average molecular weight is 500 g/mol. The lowest BCUT2D eigenvalue weighted by atomic mass is 9.96. The Morgan fingerprint density at radius 2 is 1.78 bits per heavy atom. The van der Waals surface area contributed by atoms with E-state index in [4.69, 9.17) is 4.74 Å². The van der Waals surface area contributed by atoms with Gasteiger partial charge in [-0.15, -0.1) is 0 Å². The van der Waals surface area contributed by atoms with Crippen molar-refractivity contribution >= 4 is 11.9 Å². The number of halogens is 3. The van der Waals surface area contributed by atoms with E-state index in [9.17, 15) is 22.8 Å². The summed E-state index contributed by atoms with van der Waals surface area (Å²) < 4.78 is 45.5. The number of hydrogen-bond donors (Lipinski definition) is 0. The fraction of sp³-hybridized carbons (Fsp3) is 0.333. The van der Waals surface area contributed by atoms with Crippen molar-refractivity contribution in [3.05, 3.63) is 83.4 Å². The van der Waals surface area contributed by atoms with Gasteiger partial charge in [-0.2, -0.15) is 13.2 Å². The topological polar surface area (TPSA) is 72.4 Å². The maximum absolute atomic E-state index is 13.5. The van der Waals surface area contributed by atoms with E-state index < -0.39 is 17.7 Å². The second-order valence-corrected chi connectivity index (χ2v) is 8.20. The lowest BCUT2D eigenvalue weighted by molar-refractivity contribution is -0.142. The van der Waals surface area contributed by atoms with Crippen LogP contribution in [0, 0.1) is 0 Å². The first-order valence-corrected chi connectivity index (χ1v) is 11.7. The third kappa shape index (κ3) is 7.37. The Hall–Kier alpha value is -3.75. The molecular formula is C27H28F3N3O3. The first kappa shape index (κ1) is 26.8. The van der Waals surface area contributed by atoms with Crippen molar-refractivity contribution in [2.24, 2.45) is 0 Å². The van der Waals surface area contributed by atoms with E-state index in [0.29, 0.717) is 35.2 Å². The third-order valence-electron chi connectivity index (χ3n) is 5.64. The van der Waals surface area contributed by atoms with E-state index in [1.54, 1.807) is 38.4 Å². The van der Waals surface area contributed by atoms with Crippen molar-refractivity contribution in [3.63, 3.8) is 0 Å². The highest BCUT2D eigenvalue weighted by Crippen LogP contribution is 2.34. The van der Waals surface area contributed by atoms with Crippen LogP contribution in [0.3, 0.4) is 0 Å². The Kier molecular flexibility index (Phi) is 9.16. The average Bonchev–Trinajstić information content (AvgIpc) is 2.86. The number of benzene rings is 1. The molecule has 0 aliphatic carbocycles. The predicted octanol–water partition coefficient (Wildman–Crippen LogP) is 5.25. The molecule has 3 rings (SSSR count). The smallest absolute Gasteiger partial charge is 0.416 e. The molecule has 6 nitrogen and oxygen atoms in total. The zero-order chi connectivity index (χ0) is 26.1. The summed E-state index contributed by atoms with van der Waals surface area (Å²) in [6.45, 7) is 4.08. The highest BCUT2D eigenvalue weighted by atomic mass is 19.4. The summed E-state index contributed by atoms with van der Waals surface area (Å²) >= 11 is 0. The van der Waals surface area contributed by atoms with Gasteiger partial charge < -0.3 is 9.64 Å². The molecule has 0 saturated carbocycles. The second-order valence-electron chi connectivity index (χ2n) is 8.20. The molecule has 0 unspecified atom stereocenters. The zero-order valence-electron chi connectivity index (χ0n) is 20.2. The molecule has 1 aromatic carbocycles. The van der Waals surface area contributed by atoms with E-state index in [2.05, 4.69) is 9.97 Å². The number of nitrogens with zero attached hydrogens (tertiary/aromatic N) is 3. The van der Waals surface area contributed by atoms with Gasteiger partial charge in [0.25, 0.3) is 0 Å². The molecule has 9 heteroatoms. The molecule has 0 spiro atoms. The summed E-state index contributed by atoms with van der Waals surface area (Å²) in [6, 6.07) is 8.84. The van der Waals surface area contributed by atoms with Crippen molar-refractivity contribution < 1.29 is 27.5 Å². The number of pyridine rings is 2. The first-order valence-electron chi connectivity index (χ1n) is 11.7. The summed E-state index contributed by atoms with van der Waals surface area (Å²) in [5.41, 5.74) is 2.11. The highest BCUT2D eigenvalue weighted by molar-refractivity contribution is 5.77. The highest BCUT2D eigenvalue weighted by Gasteiger charge is 2.31. The molecule has 2 aromatic heterocycles. The molecule has 0 atom stereocenters. The molecule has 36 heavy (non-hydrogen) atoms. The van der Waals surface area contributed by atoms with E-state index in [0.717, 1.165) is 17.7 Å². The second kappa shape index (κ2) is 12.3. The van der Waals surface area contributed by atoms with Gasteiger partial charge in [-0.3, -0.25) is 19.6 Å². The number of amides is 1. The van der Waals surface area contributed by atoms with E-state index >= 15 is 0 Å². The molecule has 0 fully saturated rings. The molecule has 0 bridgehead atoms. The molecule has 0 aliphatic heterocycles. The molecule has 2 heterocycles. The minimum absolute atomic E-state index is 0.00143. The molecule has 190 valence electrons. The zero-order valence-corrected chi connectivity index (χ0v) is 20.2. The summed E-state index contributed by atoms with van der Waals surface area (Å²) in [5.74, 6) is -0.584. The largest absolute Gasteiger partial charge is 0.466 e. The van der Waals surface area contributed by atoms with Crippen LogP contribution in [0.2, 0.25) is 0 Å². The molecule has 1 amide bonds. The number of rotatable bonds is 10. The van der Waals surface area contributed by atoms with Crippen LogP contribution >= 0.6 is 0 Å². The Morgan fingerprint density at radius 3 is 2.44 bits per heavy atom. The normalized spacial score (nSPS) is 11.2. The van der Waals surface area contributed by atoms with Gasteiger partial charge in [-0.1, -0.05) is 12.1 Å². The molecule has 0 radical (unpaired) electrons. The van der Waals surface area contributed by atoms with Crippen LogP contribution in [0.1, 0.15) is 42.5 Å². The van der Waals surface area contributed by atoms with E-state index in [1.807, 2.05) is 6.07 Å². The van der Waals surface area contributed by atoms with Gasteiger partial charge in [0, 0.05) is 49.9 Å². The van der Waals surface area contributed by atoms with Crippen molar-refractivity contribution in [2.75, 3.05) is 13.2 Å². The van der Waals surface area contributed by atoms with Gasteiger partial charge in [0.05, 0.1) is 18.6 Å². The van der Waals surface area contributed by atoms with Gasteiger partial charge >= 0.3 is 12.1 Å². The summed E-state index contributed by atoms with van der Waals surface area (Å²) in [4.78, 5) is 34.6. The molecule has 0 saturated heterocycles. The van der Waals surface area contributed by atoms with E-state index in [-0.39, 0.29) is 31.9 Å². The van der Waals surface area contributed by atoms with Crippen LogP contribution in [-0.4, -0.2) is 39.9 Å². The van der Waals surface area contributed by atoms with Crippen LogP contribution < -0.4 is 0 Å². The maximum Gasteiger partial charge on any atom is 0.416 e. The quantitative estimate of drug-likeness (QED) is 0.357. The molecule has 3 aromatic rings. The van der Waals surface area contributed by atoms with Crippen molar-refractivity contribution in [1.29, 1.82) is 0 Å². The van der Waals surface area contributed by atoms with Crippen LogP contribution in [-0.2, 0) is 39.9 Å². The third-order valence-corrected chi connectivity index (χ3v) is 5.64. The Labute approximate surface area is 208 Å². The summed E-state index contributed by atoms with van der Waals surface area (Å²) in [7, 11) is 0. The minimum atomic E-state index is -4.53.